The van der Waals surface area contributed by atoms with Crippen LogP contribution >= 0.6 is 34.2 Å². The fourth-order valence-electron chi connectivity index (χ4n) is 2.05. The first kappa shape index (κ1) is 14.3. The highest BCUT2D eigenvalue weighted by Crippen LogP contribution is 2.40. The van der Waals surface area contributed by atoms with Crippen LogP contribution in [0.25, 0.3) is 22.5 Å². The highest BCUT2D eigenvalue weighted by atomic mass is 127. The van der Waals surface area contributed by atoms with Crippen LogP contribution in [0.2, 0.25) is 5.02 Å². The molecule has 0 fully saturated rings. The van der Waals surface area contributed by atoms with Crippen molar-refractivity contribution in [3.63, 3.8) is 0 Å². The number of aromatic nitrogens is 1. The molecular weight excluding hydrogens is 406 g/mol. The van der Waals surface area contributed by atoms with E-state index < -0.39 is 5.82 Å². The maximum Gasteiger partial charge on any atom is 0.176 e. The summed E-state index contributed by atoms with van der Waals surface area (Å²) in [7, 11) is 0. The Labute approximate surface area is 139 Å². The molecule has 0 bridgehead atoms. The van der Waals surface area contributed by atoms with Crippen LogP contribution in [0, 0.1) is 9.39 Å². The van der Waals surface area contributed by atoms with Gasteiger partial charge in [-0.2, -0.15) is 0 Å². The Kier molecular flexibility index (Phi) is 3.86. The van der Waals surface area contributed by atoms with E-state index >= 15 is 0 Å². The van der Waals surface area contributed by atoms with E-state index in [-0.39, 0.29) is 10.8 Å². The number of halogens is 3. The summed E-state index contributed by atoms with van der Waals surface area (Å²) in [5, 5.41) is 4.06. The molecule has 0 aliphatic carbocycles. The van der Waals surface area contributed by atoms with Crippen LogP contribution in [-0.4, -0.2) is 5.16 Å². The van der Waals surface area contributed by atoms with E-state index in [9.17, 15) is 4.39 Å². The summed E-state index contributed by atoms with van der Waals surface area (Å²) in [6.07, 6.45) is 0. The van der Waals surface area contributed by atoms with E-state index in [0.717, 1.165) is 9.13 Å². The van der Waals surface area contributed by atoms with Gasteiger partial charge in [-0.1, -0.05) is 28.9 Å². The number of nitrogens with two attached hydrogens (primary N) is 1. The molecule has 0 saturated carbocycles. The summed E-state index contributed by atoms with van der Waals surface area (Å²) >= 11 is 8.33. The Balaban J connectivity index is 2.19. The van der Waals surface area contributed by atoms with Crippen LogP contribution in [0.1, 0.15) is 0 Å². The average Bonchev–Trinajstić information content (AvgIpc) is 2.82. The predicted octanol–water partition coefficient (Wildman–Crippen LogP) is 4.99. The standard InChI is InChI=1S/C15H9ClFIN2O/c16-12-7-9(17)3-6-11(12)13-14(21-20-15(13)19)8-1-4-10(18)5-2-8/h1-7H,(H2,19,20). The summed E-state index contributed by atoms with van der Waals surface area (Å²) in [4.78, 5) is 0. The third kappa shape index (κ3) is 2.75. The molecule has 0 aliphatic heterocycles. The molecule has 0 saturated heterocycles. The van der Waals surface area contributed by atoms with E-state index in [1.54, 1.807) is 6.07 Å². The molecule has 0 spiro atoms. The molecule has 1 aromatic heterocycles. The van der Waals surface area contributed by atoms with Crippen molar-refractivity contribution in [1.82, 2.24) is 5.16 Å². The average molecular weight is 415 g/mol. The zero-order valence-corrected chi connectivity index (χ0v) is 13.5. The van der Waals surface area contributed by atoms with Gasteiger partial charge in [-0.3, -0.25) is 0 Å². The van der Waals surface area contributed by atoms with Crippen molar-refractivity contribution in [2.75, 3.05) is 5.73 Å². The van der Waals surface area contributed by atoms with Crippen molar-refractivity contribution in [2.45, 2.75) is 0 Å². The van der Waals surface area contributed by atoms with E-state index in [2.05, 4.69) is 27.7 Å². The first-order valence-corrected chi connectivity index (χ1v) is 7.48. The lowest BCUT2D eigenvalue weighted by Crippen LogP contribution is -1.90. The largest absolute Gasteiger partial charge is 0.380 e. The zero-order chi connectivity index (χ0) is 15.0. The minimum absolute atomic E-state index is 0.219. The molecule has 3 nitrogen and oxygen atoms in total. The van der Waals surface area contributed by atoms with Crippen molar-refractivity contribution in [3.8, 4) is 22.5 Å². The number of hydrogen-bond acceptors (Lipinski definition) is 3. The molecule has 0 radical (unpaired) electrons. The van der Waals surface area contributed by atoms with Crippen LogP contribution in [0.3, 0.4) is 0 Å². The normalized spacial score (nSPS) is 10.8. The molecule has 21 heavy (non-hydrogen) atoms. The van der Waals surface area contributed by atoms with Crippen LogP contribution in [-0.2, 0) is 0 Å². The Morgan fingerprint density at radius 3 is 2.52 bits per heavy atom. The zero-order valence-electron chi connectivity index (χ0n) is 10.6. The lowest BCUT2D eigenvalue weighted by atomic mass is 10.0. The number of rotatable bonds is 2. The fraction of sp³-hybridized carbons (Fsp3) is 0. The third-order valence-corrected chi connectivity index (χ3v) is 4.06. The van der Waals surface area contributed by atoms with E-state index in [1.807, 2.05) is 24.3 Å². The summed E-state index contributed by atoms with van der Waals surface area (Å²) in [5.74, 6) is 0.323. The molecule has 3 aromatic rings. The van der Waals surface area contributed by atoms with Crippen molar-refractivity contribution in [2.24, 2.45) is 0 Å². The summed E-state index contributed by atoms with van der Waals surface area (Å²) in [6.45, 7) is 0. The summed E-state index contributed by atoms with van der Waals surface area (Å²) in [5.41, 5.74) is 7.88. The van der Waals surface area contributed by atoms with Gasteiger partial charge in [-0.15, -0.1) is 0 Å². The van der Waals surface area contributed by atoms with Gasteiger partial charge in [0, 0.05) is 14.7 Å². The molecule has 0 amide bonds. The highest BCUT2D eigenvalue weighted by molar-refractivity contribution is 14.1. The quantitative estimate of drug-likeness (QED) is 0.601. The van der Waals surface area contributed by atoms with E-state index in [1.165, 1.54) is 12.1 Å². The molecule has 2 aromatic carbocycles. The van der Waals surface area contributed by atoms with Gasteiger partial charge >= 0.3 is 0 Å². The minimum Gasteiger partial charge on any atom is -0.380 e. The molecular formula is C15H9ClFIN2O. The topological polar surface area (TPSA) is 52.0 Å². The lowest BCUT2D eigenvalue weighted by Gasteiger charge is -2.05. The number of anilines is 1. The van der Waals surface area contributed by atoms with Gasteiger partial charge in [0.25, 0.3) is 0 Å². The SMILES string of the molecule is Nc1noc(-c2ccc(I)cc2)c1-c1ccc(F)cc1Cl. The van der Waals surface area contributed by atoms with Gasteiger partial charge in [0.15, 0.2) is 11.6 Å². The van der Waals surface area contributed by atoms with Gasteiger partial charge < -0.3 is 10.3 Å². The molecule has 0 unspecified atom stereocenters. The molecule has 3 rings (SSSR count). The molecule has 0 atom stereocenters. The number of nitrogen functional groups attached to an aromatic ring is 1. The second-order valence-corrected chi connectivity index (χ2v) is 6.06. The Hall–Kier alpha value is -1.60. The van der Waals surface area contributed by atoms with Crippen LogP contribution in [0.4, 0.5) is 10.2 Å². The Morgan fingerprint density at radius 2 is 1.86 bits per heavy atom. The monoisotopic (exact) mass is 414 g/mol. The summed E-state index contributed by atoms with van der Waals surface area (Å²) in [6, 6.07) is 11.8. The third-order valence-electron chi connectivity index (χ3n) is 3.03. The maximum atomic E-state index is 13.2. The first-order chi connectivity index (χ1) is 10.1. The lowest BCUT2D eigenvalue weighted by molar-refractivity contribution is 0.436. The van der Waals surface area contributed by atoms with Gasteiger partial charge in [-0.25, -0.2) is 4.39 Å². The van der Waals surface area contributed by atoms with Crippen LogP contribution < -0.4 is 5.73 Å². The second kappa shape index (κ2) is 5.65. The maximum absolute atomic E-state index is 13.2. The van der Waals surface area contributed by atoms with Gasteiger partial charge in [0.05, 0.1) is 10.6 Å². The van der Waals surface area contributed by atoms with Crippen molar-refractivity contribution >= 4 is 40.0 Å². The Morgan fingerprint density at radius 1 is 1.14 bits per heavy atom. The number of hydrogen-bond donors (Lipinski definition) is 1. The predicted molar refractivity (Wildman–Crippen MR) is 89.5 cm³/mol. The van der Waals surface area contributed by atoms with Crippen molar-refractivity contribution in [1.29, 1.82) is 0 Å². The van der Waals surface area contributed by atoms with E-state index in [0.29, 0.717) is 16.9 Å². The second-order valence-electron chi connectivity index (χ2n) is 4.40. The fourth-order valence-corrected chi connectivity index (χ4v) is 2.67. The molecule has 6 heteroatoms. The molecule has 0 aliphatic rings. The van der Waals surface area contributed by atoms with Crippen LogP contribution in [0.5, 0.6) is 0 Å². The number of benzene rings is 2. The molecule has 2 N–H and O–H groups in total. The smallest absolute Gasteiger partial charge is 0.176 e. The Bertz CT molecular complexity index is 802. The van der Waals surface area contributed by atoms with Crippen LogP contribution in [0.15, 0.2) is 47.0 Å². The van der Waals surface area contributed by atoms with Gasteiger partial charge in [-0.05, 0) is 52.9 Å². The summed E-state index contributed by atoms with van der Waals surface area (Å²) < 4.78 is 19.6. The number of nitrogens with zero attached hydrogens (tertiary/aromatic N) is 1. The first-order valence-electron chi connectivity index (χ1n) is 6.03. The van der Waals surface area contributed by atoms with Crippen molar-refractivity contribution < 1.29 is 8.91 Å². The van der Waals surface area contributed by atoms with Crippen molar-refractivity contribution in [3.05, 3.63) is 56.9 Å². The molecule has 1 heterocycles. The van der Waals surface area contributed by atoms with Gasteiger partial charge in [0.1, 0.15) is 5.82 Å². The highest BCUT2D eigenvalue weighted by Gasteiger charge is 2.20. The molecule has 106 valence electrons. The van der Waals surface area contributed by atoms with Gasteiger partial charge in [0.2, 0.25) is 0 Å². The minimum atomic E-state index is -0.408. The van der Waals surface area contributed by atoms with E-state index in [4.69, 9.17) is 21.9 Å².